The summed E-state index contributed by atoms with van der Waals surface area (Å²) in [5.41, 5.74) is 6.35. The Kier molecular flexibility index (Phi) is 8.35. The number of methoxy groups -OCH3 is 2. The fourth-order valence-corrected chi connectivity index (χ4v) is 2.00. The second-order valence-electron chi connectivity index (χ2n) is 5.18. The van der Waals surface area contributed by atoms with E-state index in [1.54, 1.807) is 18.2 Å². The first-order chi connectivity index (χ1) is 11.5. The molecule has 7 nitrogen and oxygen atoms in total. The van der Waals surface area contributed by atoms with Gasteiger partial charge >= 0.3 is 5.97 Å². The van der Waals surface area contributed by atoms with E-state index < -0.39 is 12.0 Å². The highest BCUT2D eigenvalue weighted by Crippen LogP contribution is 2.26. The predicted molar refractivity (Wildman–Crippen MR) is 90.5 cm³/mol. The van der Waals surface area contributed by atoms with Crippen molar-refractivity contribution in [2.24, 2.45) is 5.73 Å². The molecule has 132 valence electrons. The minimum Gasteiger partial charge on any atom is -0.504 e. The van der Waals surface area contributed by atoms with Crippen LogP contribution < -0.4 is 15.8 Å². The molecular formula is C17H24N2O5. The van der Waals surface area contributed by atoms with Crippen LogP contribution >= 0.6 is 0 Å². The number of benzene rings is 1. The summed E-state index contributed by atoms with van der Waals surface area (Å²) in [5, 5.41) is 12.2. The van der Waals surface area contributed by atoms with Crippen LogP contribution in [0.4, 0.5) is 0 Å². The van der Waals surface area contributed by atoms with Crippen LogP contribution in [0.5, 0.6) is 11.5 Å². The first-order valence-electron chi connectivity index (χ1n) is 7.64. The van der Waals surface area contributed by atoms with E-state index in [4.69, 9.17) is 10.5 Å². The number of phenols is 1. The summed E-state index contributed by atoms with van der Waals surface area (Å²) in [5.74, 6) is -0.255. The topological polar surface area (TPSA) is 111 Å². The molecule has 0 radical (unpaired) electrons. The SMILES string of the molecule is COC(=O)[C@@H](N)CCCCNC(=O)/C=C/c1ccc(O)c(OC)c1. The van der Waals surface area contributed by atoms with Crippen LogP contribution in [0.2, 0.25) is 0 Å². The highest BCUT2D eigenvalue weighted by atomic mass is 16.5. The fourth-order valence-electron chi connectivity index (χ4n) is 2.00. The third kappa shape index (κ3) is 6.70. The van der Waals surface area contributed by atoms with E-state index in [0.717, 1.165) is 18.4 Å². The smallest absolute Gasteiger partial charge is 0.322 e. The third-order valence-electron chi connectivity index (χ3n) is 3.38. The normalized spacial score (nSPS) is 12.0. The van der Waals surface area contributed by atoms with Gasteiger partial charge < -0.3 is 25.6 Å². The van der Waals surface area contributed by atoms with Crippen molar-refractivity contribution in [1.82, 2.24) is 5.32 Å². The van der Waals surface area contributed by atoms with E-state index in [0.29, 0.717) is 18.7 Å². The number of ether oxygens (including phenoxy) is 2. The number of aromatic hydroxyl groups is 1. The Morgan fingerprint density at radius 2 is 2.08 bits per heavy atom. The van der Waals surface area contributed by atoms with Crippen molar-refractivity contribution in [1.29, 1.82) is 0 Å². The van der Waals surface area contributed by atoms with Gasteiger partial charge in [0.25, 0.3) is 0 Å². The Balaban J connectivity index is 2.30. The molecule has 0 saturated heterocycles. The number of carbonyl (C=O) groups is 2. The Hall–Kier alpha value is -2.54. The summed E-state index contributed by atoms with van der Waals surface area (Å²) in [6.07, 6.45) is 4.99. The molecule has 1 rings (SSSR count). The number of nitrogens with one attached hydrogen (secondary N) is 1. The number of hydrogen-bond donors (Lipinski definition) is 3. The highest BCUT2D eigenvalue weighted by molar-refractivity contribution is 5.91. The molecule has 0 aromatic heterocycles. The Labute approximate surface area is 141 Å². The van der Waals surface area contributed by atoms with E-state index in [1.165, 1.54) is 26.4 Å². The molecule has 0 unspecified atom stereocenters. The zero-order valence-electron chi connectivity index (χ0n) is 14.0. The monoisotopic (exact) mass is 336 g/mol. The lowest BCUT2D eigenvalue weighted by atomic mass is 10.1. The maximum absolute atomic E-state index is 11.7. The van der Waals surface area contributed by atoms with Gasteiger partial charge in [0, 0.05) is 12.6 Å². The molecule has 4 N–H and O–H groups in total. The van der Waals surface area contributed by atoms with Crippen molar-refractivity contribution in [3.8, 4) is 11.5 Å². The molecule has 1 amide bonds. The summed E-state index contributed by atoms with van der Waals surface area (Å²) in [6, 6.07) is 4.19. The highest BCUT2D eigenvalue weighted by Gasteiger charge is 2.12. The molecule has 7 heteroatoms. The minimum absolute atomic E-state index is 0.0456. The van der Waals surface area contributed by atoms with Gasteiger partial charge in [-0.05, 0) is 43.0 Å². The summed E-state index contributed by atoms with van der Waals surface area (Å²) in [6.45, 7) is 0.496. The van der Waals surface area contributed by atoms with Crippen molar-refractivity contribution in [3.63, 3.8) is 0 Å². The number of rotatable bonds is 9. The molecule has 0 heterocycles. The van der Waals surface area contributed by atoms with Gasteiger partial charge in [0.15, 0.2) is 11.5 Å². The summed E-state index contributed by atoms with van der Waals surface area (Å²) < 4.78 is 9.54. The second kappa shape index (κ2) is 10.3. The van der Waals surface area contributed by atoms with Crippen LogP contribution in [-0.2, 0) is 14.3 Å². The zero-order valence-corrected chi connectivity index (χ0v) is 14.0. The van der Waals surface area contributed by atoms with Gasteiger partial charge in [-0.25, -0.2) is 0 Å². The fraction of sp³-hybridized carbons (Fsp3) is 0.412. The molecule has 1 aromatic carbocycles. The molecule has 1 aromatic rings. The maximum atomic E-state index is 11.7. The number of phenolic OH excluding ortho intramolecular Hbond substituents is 1. The number of nitrogens with two attached hydrogens (primary N) is 1. The molecule has 0 saturated carbocycles. The summed E-state index contributed by atoms with van der Waals surface area (Å²) in [7, 11) is 2.76. The Morgan fingerprint density at radius 1 is 1.33 bits per heavy atom. The van der Waals surface area contributed by atoms with Gasteiger partial charge in [0.1, 0.15) is 6.04 Å². The second-order valence-corrected chi connectivity index (χ2v) is 5.18. The van der Waals surface area contributed by atoms with Gasteiger partial charge in [-0.3, -0.25) is 9.59 Å². The van der Waals surface area contributed by atoms with Crippen LogP contribution in [0.3, 0.4) is 0 Å². The largest absolute Gasteiger partial charge is 0.504 e. The van der Waals surface area contributed by atoms with Gasteiger partial charge in [0.2, 0.25) is 5.91 Å². The molecule has 0 fully saturated rings. The van der Waals surface area contributed by atoms with E-state index in [2.05, 4.69) is 10.1 Å². The quantitative estimate of drug-likeness (QED) is 0.355. The van der Waals surface area contributed by atoms with E-state index in [9.17, 15) is 14.7 Å². The first kappa shape index (κ1) is 19.5. The molecule has 0 aliphatic rings. The van der Waals surface area contributed by atoms with E-state index in [-0.39, 0.29) is 11.7 Å². The van der Waals surface area contributed by atoms with Crippen molar-refractivity contribution < 1.29 is 24.2 Å². The van der Waals surface area contributed by atoms with Crippen LogP contribution in [-0.4, -0.2) is 43.8 Å². The van der Waals surface area contributed by atoms with E-state index in [1.807, 2.05) is 0 Å². The van der Waals surface area contributed by atoms with Gasteiger partial charge in [0.05, 0.1) is 14.2 Å². The van der Waals surface area contributed by atoms with Crippen molar-refractivity contribution in [2.75, 3.05) is 20.8 Å². The average molecular weight is 336 g/mol. The molecule has 0 bridgehead atoms. The first-order valence-corrected chi connectivity index (χ1v) is 7.64. The van der Waals surface area contributed by atoms with Crippen molar-refractivity contribution in [3.05, 3.63) is 29.8 Å². The Bertz CT molecular complexity index is 586. The van der Waals surface area contributed by atoms with Crippen LogP contribution in [0.15, 0.2) is 24.3 Å². The molecule has 24 heavy (non-hydrogen) atoms. The number of unbranched alkanes of at least 4 members (excludes halogenated alkanes) is 1. The number of amides is 1. The number of hydrogen-bond acceptors (Lipinski definition) is 6. The van der Waals surface area contributed by atoms with Crippen molar-refractivity contribution in [2.45, 2.75) is 25.3 Å². The maximum Gasteiger partial charge on any atom is 0.322 e. The predicted octanol–water partition coefficient (Wildman–Crippen LogP) is 1.20. The van der Waals surface area contributed by atoms with Crippen LogP contribution in [0.1, 0.15) is 24.8 Å². The lowest BCUT2D eigenvalue weighted by Crippen LogP contribution is -2.31. The molecule has 0 spiro atoms. The number of carbonyl (C=O) groups excluding carboxylic acids is 2. The molecular weight excluding hydrogens is 312 g/mol. The van der Waals surface area contributed by atoms with Gasteiger partial charge in [-0.1, -0.05) is 6.07 Å². The minimum atomic E-state index is -0.616. The van der Waals surface area contributed by atoms with E-state index >= 15 is 0 Å². The van der Waals surface area contributed by atoms with Crippen LogP contribution in [0.25, 0.3) is 6.08 Å². The van der Waals surface area contributed by atoms with Crippen molar-refractivity contribution >= 4 is 18.0 Å². The Morgan fingerprint density at radius 3 is 2.75 bits per heavy atom. The van der Waals surface area contributed by atoms with Gasteiger partial charge in [-0.15, -0.1) is 0 Å². The van der Waals surface area contributed by atoms with Crippen LogP contribution in [0, 0.1) is 0 Å². The van der Waals surface area contributed by atoms with Gasteiger partial charge in [-0.2, -0.15) is 0 Å². The standard InChI is InChI=1S/C17H24N2O5/c1-23-15-11-12(6-8-14(15)20)7-9-16(21)19-10-4-3-5-13(18)17(22)24-2/h6-9,11,13,20H,3-5,10,18H2,1-2H3,(H,19,21)/b9-7+/t13-/m0/s1. The average Bonchev–Trinajstić information content (AvgIpc) is 2.59. The molecule has 0 aliphatic carbocycles. The summed E-state index contributed by atoms with van der Waals surface area (Å²) in [4.78, 5) is 22.8. The molecule has 0 aliphatic heterocycles. The lowest BCUT2D eigenvalue weighted by molar-refractivity contribution is -0.142. The molecule has 1 atom stereocenters. The zero-order chi connectivity index (χ0) is 17.9. The lowest BCUT2D eigenvalue weighted by Gasteiger charge is -2.08. The third-order valence-corrected chi connectivity index (χ3v) is 3.38. The summed E-state index contributed by atoms with van der Waals surface area (Å²) >= 11 is 0. The number of esters is 1.